The summed E-state index contributed by atoms with van der Waals surface area (Å²) in [6.07, 6.45) is 2.06. The minimum atomic E-state index is -0.610. The van der Waals surface area contributed by atoms with Gasteiger partial charge in [0.1, 0.15) is 24.2 Å². The van der Waals surface area contributed by atoms with E-state index in [4.69, 9.17) is 21.1 Å². The number of carbonyl (C=O) groups is 2. The number of hydrogen-bond donors (Lipinski definition) is 1. The van der Waals surface area contributed by atoms with Crippen molar-refractivity contribution in [2.24, 2.45) is 0 Å². The fraction of sp³-hybridized carbons (Fsp3) is 0.310. The molecule has 1 unspecified atom stereocenters. The molecule has 0 radical (unpaired) electrons. The van der Waals surface area contributed by atoms with E-state index in [0.29, 0.717) is 30.9 Å². The van der Waals surface area contributed by atoms with Crippen LogP contribution in [-0.2, 0) is 22.6 Å². The van der Waals surface area contributed by atoms with Gasteiger partial charge < -0.3 is 19.6 Å². The Morgan fingerprint density at radius 1 is 1.03 bits per heavy atom. The second-order valence-electron chi connectivity index (χ2n) is 9.39. The predicted octanol–water partition coefficient (Wildman–Crippen LogP) is 7.49. The zero-order valence-electron chi connectivity index (χ0n) is 20.8. The monoisotopic (exact) mass is 525 g/mol. The van der Waals surface area contributed by atoms with Gasteiger partial charge in [0.15, 0.2) is 0 Å². The molecule has 7 heteroatoms. The fourth-order valence-electron chi connectivity index (χ4n) is 3.44. The molecule has 0 bridgehead atoms. The lowest BCUT2D eigenvalue weighted by atomic mass is 10.1. The first-order valence-electron chi connectivity index (χ1n) is 11.9. The van der Waals surface area contributed by atoms with Crippen LogP contribution < -0.4 is 10.1 Å². The van der Waals surface area contributed by atoms with Crippen LogP contribution in [0.2, 0.25) is 5.02 Å². The van der Waals surface area contributed by atoms with E-state index in [2.05, 4.69) is 5.32 Å². The van der Waals surface area contributed by atoms with Crippen LogP contribution in [0.4, 0.5) is 4.79 Å². The lowest BCUT2D eigenvalue weighted by Crippen LogP contribution is -2.40. The van der Waals surface area contributed by atoms with Gasteiger partial charge >= 0.3 is 6.09 Å². The third-order valence-electron chi connectivity index (χ3n) is 5.14. The van der Waals surface area contributed by atoms with Gasteiger partial charge in [-0.2, -0.15) is 0 Å². The van der Waals surface area contributed by atoms with Gasteiger partial charge in [-0.05, 0) is 81.5 Å². The molecular weight excluding hydrogens is 494 g/mol. The van der Waals surface area contributed by atoms with E-state index in [0.717, 1.165) is 33.0 Å². The fourth-order valence-corrected chi connectivity index (χ4v) is 4.69. The van der Waals surface area contributed by atoms with Gasteiger partial charge in [-0.3, -0.25) is 0 Å². The Labute approximate surface area is 222 Å². The van der Waals surface area contributed by atoms with Crippen LogP contribution in [0.25, 0.3) is 0 Å². The first-order valence-corrected chi connectivity index (χ1v) is 13.1. The summed E-state index contributed by atoms with van der Waals surface area (Å²) in [6.45, 7) is 5.86. The SMILES string of the molecule is CC(C)(C)OC(=O)NC(C=O)CCCc1ccc(Sc2cccc(OCc3ccccc3)c2)cc1Cl. The summed E-state index contributed by atoms with van der Waals surface area (Å²) in [5.41, 5.74) is 1.52. The van der Waals surface area contributed by atoms with Gasteiger partial charge in [-0.25, -0.2) is 4.79 Å². The Morgan fingerprint density at radius 2 is 1.78 bits per heavy atom. The number of aldehydes is 1. The predicted molar refractivity (Wildman–Crippen MR) is 145 cm³/mol. The maximum Gasteiger partial charge on any atom is 0.408 e. The van der Waals surface area contributed by atoms with Gasteiger partial charge in [0.2, 0.25) is 0 Å². The Bertz CT molecular complexity index is 1150. The van der Waals surface area contributed by atoms with Crippen molar-refractivity contribution in [3.63, 3.8) is 0 Å². The highest BCUT2D eigenvalue weighted by atomic mass is 35.5. The zero-order valence-corrected chi connectivity index (χ0v) is 22.4. The lowest BCUT2D eigenvalue weighted by Gasteiger charge is -2.21. The molecule has 1 N–H and O–H groups in total. The van der Waals surface area contributed by atoms with E-state index >= 15 is 0 Å². The van der Waals surface area contributed by atoms with Crippen LogP contribution in [0.15, 0.2) is 82.6 Å². The van der Waals surface area contributed by atoms with E-state index in [-0.39, 0.29) is 0 Å². The second kappa shape index (κ2) is 13.4. The van der Waals surface area contributed by atoms with Gasteiger partial charge in [0.05, 0.1) is 6.04 Å². The summed E-state index contributed by atoms with van der Waals surface area (Å²) in [6, 6.07) is 23.5. The molecule has 0 fully saturated rings. The number of carbonyl (C=O) groups excluding carboxylic acids is 2. The van der Waals surface area contributed by atoms with Crippen molar-refractivity contribution in [2.75, 3.05) is 0 Å². The number of ether oxygens (including phenoxy) is 2. The highest BCUT2D eigenvalue weighted by Gasteiger charge is 2.19. The van der Waals surface area contributed by atoms with E-state index in [9.17, 15) is 9.59 Å². The third kappa shape index (κ3) is 9.59. The number of rotatable bonds is 11. The minimum absolute atomic E-state index is 0.505. The summed E-state index contributed by atoms with van der Waals surface area (Å²) in [4.78, 5) is 25.4. The van der Waals surface area contributed by atoms with Crippen molar-refractivity contribution in [3.8, 4) is 5.75 Å². The van der Waals surface area contributed by atoms with Gasteiger partial charge in [-0.1, -0.05) is 65.8 Å². The Hall–Kier alpha value is -2.96. The molecule has 0 heterocycles. The topological polar surface area (TPSA) is 64.6 Å². The summed E-state index contributed by atoms with van der Waals surface area (Å²) in [5, 5.41) is 3.29. The number of amides is 1. The van der Waals surface area contributed by atoms with Crippen LogP contribution in [0.5, 0.6) is 5.75 Å². The van der Waals surface area contributed by atoms with Gasteiger partial charge in [0, 0.05) is 14.8 Å². The maximum atomic E-state index is 11.9. The largest absolute Gasteiger partial charge is 0.489 e. The van der Waals surface area contributed by atoms with Crippen LogP contribution >= 0.6 is 23.4 Å². The first-order chi connectivity index (χ1) is 17.2. The molecule has 0 aliphatic rings. The van der Waals surface area contributed by atoms with Crippen molar-refractivity contribution in [1.82, 2.24) is 5.32 Å². The van der Waals surface area contributed by atoms with E-state index in [1.807, 2.05) is 72.8 Å². The molecule has 0 aliphatic carbocycles. The summed E-state index contributed by atoms with van der Waals surface area (Å²) in [5.74, 6) is 0.816. The Kier molecular flexibility index (Phi) is 10.3. The number of hydrogen-bond acceptors (Lipinski definition) is 5. The third-order valence-corrected chi connectivity index (χ3v) is 6.47. The van der Waals surface area contributed by atoms with E-state index in [1.165, 1.54) is 0 Å². The average Bonchev–Trinajstić information content (AvgIpc) is 2.83. The average molecular weight is 526 g/mol. The van der Waals surface area contributed by atoms with E-state index in [1.54, 1.807) is 32.5 Å². The molecule has 36 heavy (non-hydrogen) atoms. The molecule has 0 aromatic heterocycles. The molecule has 3 rings (SSSR count). The van der Waals surface area contributed by atoms with Crippen molar-refractivity contribution >= 4 is 35.7 Å². The van der Waals surface area contributed by atoms with Crippen LogP contribution in [0, 0.1) is 0 Å². The summed E-state index contributed by atoms with van der Waals surface area (Å²) >= 11 is 8.17. The highest BCUT2D eigenvalue weighted by Crippen LogP contribution is 2.33. The van der Waals surface area contributed by atoms with Crippen molar-refractivity contribution in [1.29, 1.82) is 0 Å². The van der Waals surface area contributed by atoms with Crippen LogP contribution in [0.3, 0.4) is 0 Å². The molecular formula is C29H32ClNO4S. The smallest absolute Gasteiger partial charge is 0.408 e. The number of aryl methyl sites for hydroxylation is 1. The molecule has 190 valence electrons. The van der Waals surface area contributed by atoms with Crippen molar-refractivity contribution < 1.29 is 19.1 Å². The molecule has 0 aliphatic heterocycles. The lowest BCUT2D eigenvalue weighted by molar-refractivity contribution is -0.109. The first kappa shape index (κ1) is 27.6. The van der Waals surface area contributed by atoms with Crippen LogP contribution in [-0.4, -0.2) is 24.0 Å². The molecule has 0 saturated heterocycles. The normalized spacial score (nSPS) is 12.0. The summed E-state index contributed by atoms with van der Waals surface area (Å²) in [7, 11) is 0. The minimum Gasteiger partial charge on any atom is -0.489 e. The van der Waals surface area contributed by atoms with Gasteiger partial charge in [0.25, 0.3) is 0 Å². The summed E-state index contributed by atoms with van der Waals surface area (Å²) < 4.78 is 11.2. The molecule has 5 nitrogen and oxygen atoms in total. The second-order valence-corrected chi connectivity index (χ2v) is 10.9. The van der Waals surface area contributed by atoms with Crippen LogP contribution in [0.1, 0.15) is 44.7 Å². The van der Waals surface area contributed by atoms with Crippen molar-refractivity contribution in [2.45, 2.75) is 68.1 Å². The number of benzene rings is 3. The Balaban J connectivity index is 1.50. The molecule has 1 amide bonds. The Morgan fingerprint density at radius 3 is 2.47 bits per heavy atom. The molecule has 1 atom stereocenters. The quantitative estimate of drug-likeness (QED) is 0.263. The molecule has 3 aromatic carbocycles. The zero-order chi connectivity index (χ0) is 26.0. The molecule has 3 aromatic rings. The maximum absolute atomic E-state index is 11.9. The number of halogens is 1. The highest BCUT2D eigenvalue weighted by molar-refractivity contribution is 7.99. The number of nitrogens with one attached hydrogen (secondary N) is 1. The van der Waals surface area contributed by atoms with Gasteiger partial charge in [-0.15, -0.1) is 0 Å². The molecule has 0 spiro atoms. The standard InChI is InChI=1S/C29H32ClNO4S/c1-29(2,3)35-28(33)31-23(19-32)12-7-11-22-15-16-26(18-27(22)30)36-25-14-8-13-24(17-25)34-20-21-9-5-4-6-10-21/h4-6,8-10,13-19,23H,7,11-12,20H2,1-3H3,(H,31,33). The number of alkyl carbamates (subject to hydrolysis) is 1. The molecule has 0 saturated carbocycles. The van der Waals surface area contributed by atoms with E-state index < -0.39 is 17.7 Å². The van der Waals surface area contributed by atoms with Crippen molar-refractivity contribution in [3.05, 3.63) is 88.9 Å².